The van der Waals surface area contributed by atoms with E-state index in [1.54, 1.807) is 31.4 Å². The van der Waals surface area contributed by atoms with Crippen LogP contribution < -0.4 is 19.9 Å². The summed E-state index contributed by atoms with van der Waals surface area (Å²) in [5.41, 5.74) is 2.20. The second-order valence-electron chi connectivity index (χ2n) is 9.72. The Hall–Kier alpha value is -4.13. The summed E-state index contributed by atoms with van der Waals surface area (Å²) in [6.45, 7) is 0.722. The number of methoxy groups -OCH3 is 1. The van der Waals surface area contributed by atoms with Crippen LogP contribution in [0.5, 0.6) is 5.75 Å². The topological polar surface area (TPSA) is 79.0 Å². The van der Waals surface area contributed by atoms with Crippen LogP contribution in [0.1, 0.15) is 29.9 Å². The van der Waals surface area contributed by atoms with E-state index >= 15 is 0 Å². The zero-order chi connectivity index (χ0) is 24.9. The molecule has 6 rings (SSSR count). The molecule has 36 heavy (non-hydrogen) atoms. The second kappa shape index (κ2) is 8.52. The standard InChI is InChI=1S/C29H27N3O4/c1-36-23-13-11-22(12-14-23)32-27(34)29(26(33)30-28(32)35)18-21-9-5-6-10-24(21)31-16-15-20(17-25(29)31)19-7-3-2-4-8-19/h2-14,20,25H,15-18H2,1H3,(H,30,33,35). The number of amides is 4. The fourth-order valence-electron chi connectivity index (χ4n) is 6.18. The molecule has 3 aliphatic heterocycles. The molecule has 1 N–H and O–H groups in total. The molecule has 3 unspecified atom stereocenters. The number of piperidine rings is 1. The summed E-state index contributed by atoms with van der Waals surface area (Å²) < 4.78 is 5.24. The second-order valence-corrected chi connectivity index (χ2v) is 9.72. The zero-order valence-electron chi connectivity index (χ0n) is 20.0. The molecule has 7 heteroatoms. The summed E-state index contributed by atoms with van der Waals surface area (Å²) in [5.74, 6) is -0.160. The molecule has 0 aliphatic carbocycles. The largest absolute Gasteiger partial charge is 0.497 e. The number of hydrogen-bond acceptors (Lipinski definition) is 5. The van der Waals surface area contributed by atoms with Gasteiger partial charge in [-0.2, -0.15) is 0 Å². The van der Waals surface area contributed by atoms with Crippen LogP contribution in [0.15, 0.2) is 78.9 Å². The van der Waals surface area contributed by atoms with Gasteiger partial charge in [0.15, 0.2) is 5.41 Å². The Morgan fingerprint density at radius 1 is 0.917 bits per heavy atom. The van der Waals surface area contributed by atoms with Gasteiger partial charge in [-0.3, -0.25) is 14.9 Å². The first-order chi connectivity index (χ1) is 17.5. The number of anilines is 2. The third-order valence-electron chi connectivity index (χ3n) is 7.96. The molecular weight excluding hydrogens is 454 g/mol. The minimum atomic E-state index is -1.42. The number of fused-ring (bicyclic) bond motifs is 4. The highest BCUT2D eigenvalue weighted by Crippen LogP contribution is 2.50. The van der Waals surface area contributed by atoms with Crippen LogP contribution in [0.25, 0.3) is 0 Å². The Bertz CT molecular complexity index is 1340. The smallest absolute Gasteiger partial charge is 0.335 e. The molecule has 0 radical (unpaired) electrons. The number of carbonyl (C=O) groups excluding carboxylic acids is 3. The van der Waals surface area contributed by atoms with Gasteiger partial charge in [-0.15, -0.1) is 0 Å². The summed E-state index contributed by atoms with van der Waals surface area (Å²) in [4.78, 5) is 44.5. The van der Waals surface area contributed by atoms with Gasteiger partial charge in [0, 0.05) is 12.2 Å². The molecule has 0 saturated carbocycles. The average Bonchev–Trinajstić information content (AvgIpc) is 2.92. The Balaban J connectivity index is 1.47. The number of rotatable bonds is 3. The van der Waals surface area contributed by atoms with Crippen molar-refractivity contribution in [3.05, 3.63) is 90.0 Å². The van der Waals surface area contributed by atoms with Crippen molar-refractivity contribution >= 4 is 29.2 Å². The fourth-order valence-corrected chi connectivity index (χ4v) is 6.18. The van der Waals surface area contributed by atoms with Crippen molar-refractivity contribution in [3.63, 3.8) is 0 Å². The Kier molecular flexibility index (Phi) is 5.29. The minimum absolute atomic E-state index is 0.210. The van der Waals surface area contributed by atoms with Crippen molar-refractivity contribution in [2.45, 2.75) is 31.2 Å². The number of benzene rings is 3. The van der Waals surface area contributed by atoms with Crippen LogP contribution in [-0.2, 0) is 16.0 Å². The molecule has 0 bridgehead atoms. The predicted molar refractivity (Wildman–Crippen MR) is 136 cm³/mol. The van der Waals surface area contributed by atoms with Crippen LogP contribution in [0, 0.1) is 5.41 Å². The van der Waals surface area contributed by atoms with Crippen molar-refractivity contribution < 1.29 is 19.1 Å². The van der Waals surface area contributed by atoms with Crippen LogP contribution in [0.3, 0.4) is 0 Å². The number of ether oxygens (including phenoxy) is 1. The van der Waals surface area contributed by atoms with Crippen LogP contribution >= 0.6 is 0 Å². The van der Waals surface area contributed by atoms with E-state index in [0.717, 1.165) is 29.1 Å². The molecule has 3 atom stereocenters. The van der Waals surface area contributed by atoms with Crippen LogP contribution in [-0.4, -0.2) is 37.5 Å². The molecule has 3 aromatic carbocycles. The third-order valence-corrected chi connectivity index (χ3v) is 7.96. The number of imide groups is 2. The van der Waals surface area contributed by atoms with E-state index in [1.807, 2.05) is 36.4 Å². The molecule has 4 amide bonds. The number of nitrogens with one attached hydrogen (secondary N) is 1. The first-order valence-corrected chi connectivity index (χ1v) is 12.3. The van der Waals surface area contributed by atoms with E-state index in [1.165, 1.54) is 5.56 Å². The number of para-hydroxylation sites is 1. The molecule has 3 heterocycles. The van der Waals surface area contributed by atoms with E-state index in [0.29, 0.717) is 17.9 Å². The van der Waals surface area contributed by atoms with Gasteiger partial charge in [0.1, 0.15) is 5.75 Å². The molecule has 2 fully saturated rings. The lowest BCUT2D eigenvalue weighted by Crippen LogP contribution is -2.73. The number of nitrogens with zero attached hydrogens (tertiary/aromatic N) is 2. The molecule has 2 saturated heterocycles. The lowest BCUT2D eigenvalue weighted by atomic mass is 9.64. The zero-order valence-corrected chi connectivity index (χ0v) is 20.0. The van der Waals surface area contributed by atoms with Gasteiger partial charge in [0.25, 0.3) is 5.91 Å². The first-order valence-electron chi connectivity index (χ1n) is 12.3. The molecule has 3 aromatic rings. The van der Waals surface area contributed by atoms with Crippen molar-refractivity contribution in [1.82, 2.24) is 5.32 Å². The highest BCUT2D eigenvalue weighted by molar-refractivity contribution is 6.30. The summed E-state index contributed by atoms with van der Waals surface area (Å²) in [7, 11) is 1.56. The van der Waals surface area contributed by atoms with Crippen molar-refractivity contribution in [1.29, 1.82) is 0 Å². The Morgan fingerprint density at radius 3 is 2.39 bits per heavy atom. The maximum absolute atomic E-state index is 14.4. The van der Waals surface area contributed by atoms with Gasteiger partial charge in [-0.25, -0.2) is 9.69 Å². The van der Waals surface area contributed by atoms with Gasteiger partial charge in [-0.05, 0) is 66.6 Å². The van der Waals surface area contributed by atoms with Crippen molar-refractivity contribution in [2.75, 3.05) is 23.5 Å². The number of barbiturate groups is 1. The number of carbonyl (C=O) groups is 3. The molecule has 3 aliphatic rings. The minimum Gasteiger partial charge on any atom is -0.497 e. The maximum Gasteiger partial charge on any atom is 0.335 e. The first kappa shape index (κ1) is 22.3. The van der Waals surface area contributed by atoms with E-state index in [2.05, 4.69) is 28.4 Å². The SMILES string of the molecule is COc1ccc(N2C(=O)NC(=O)C3(Cc4ccccc4N4CCC(c5ccccc5)CC43)C2=O)cc1. The Labute approximate surface area is 209 Å². The molecule has 1 spiro atoms. The molecular formula is C29H27N3O4. The summed E-state index contributed by atoms with van der Waals surface area (Å²) in [6, 6.07) is 23.9. The van der Waals surface area contributed by atoms with Crippen molar-refractivity contribution in [3.8, 4) is 5.75 Å². The fraction of sp³-hybridized carbons (Fsp3) is 0.276. The molecule has 0 aromatic heterocycles. The summed E-state index contributed by atoms with van der Waals surface area (Å²) >= 11 is 0. The van der Waals surface area contributed by atoms with Gasteiger partial charge >= 0.3 is 6.03 Å². The summed E-state index contributed by atoms with van der Waals surface area (Å²) in [6.07, 6.45) is 1.81. The monoisotopic (exact) mass is 481 g/mol. The Morgan fingerprint density at radius 2 is 1.64 bits per heavy atom. The van der Waals surface area contributed by atoms with Gasteiger partial charge in [0.05, 0.1) is 18.8 Å². The van der Waals surface area contributed by atoms with Crippen LogP contribution in [0.2, 0.25) is 0 Å². The quantitative estimate of drug-likeness (QED) is 0.565. The van der Waals surface area contributed by atoms with Gasteiger partial charge in [0.2, 0.25) is 5.91 Å². The van der Waals surface area contributed by atoms with E-state index < -0.39 is 23.3 Å². The van der Waals surface area contributed by atoms with E-state index in [4.69, 9.17) is 4.74 Å². The van der Waals surface area contributed by atoms with Gasteiger partial charge in [-0.1, -0.05) is 48.5 Å². The predicted octanol–water partition coefficient (Wildman–Crippen LogP) is 4.27. The highest BCUT2D eigenvalue weighted by Gasteiger charge is 2.63. The lowest BCUT2D eigenvalue weighted by Gasteiger charge is -2.55. The van der Waals surface area contributed by atoms with E-state index in [-0.39, 0.29) is 18.4 Å². The third kappa shape index (κ3) is 3.30. The lowest BCUT2D eigenvalue weighted by molar-refractivity contribution is -0.145. The van der Waals surface area contributed by atoms with E-state index in [9.17, 15) is 14.4 Å². The number of urea groups is 1. The number of hydrogen-bond donors (Lipinski definition) is 1. The maximum atomic E-state index is 14.4. The summed E-state index contributed by atoms with van der Waals surface area (Å²) in [5, 5.41) is 2.54. The normalized spacial score (nSPS) is 25.3. The molecule has 182 valence electrons. The van der Waals surface area contributed by atoms with Crippen LogP contribution in [0.4, 0.5) is 16.2 Å². The van der Waals surface area contributed by atoms with Gasteiger partial charge < -0.3 is 9.64 Å². The highest BCUT2D eigenvalue weighted by atomic mass is 16.5. The molecule has 7 nitrogen and oxygen atoms in total. The average molecular weight is 482 g/mol. The van der Waals surface area contributed by atoms with Crippen molar-refractivity contribution in [2.24, 2.45) is 5.41 Å².